The third kappa shape index (κ3) is 5.17. The highest BCUT2D eigenvalue weighted by atomic mass is 32.2. The van der Waals surface area contributed by atoms with E-state index in [1.54, 1.807) is 18.3 Å². The largest absolute Gasteiger partial charge is 0.490 e. The number of aryl methyl sites for hydroxylation is 1. The van der Waals surface area contributed by atoms with Crippen LogP contribution in [0, 0.1) is 6.92 Å². The van der Waals surface area contributed by atoms with Gasteiger partial charge in [-0.25, -0.2) is 23.5 Å². The van der Waals surface area contributed by atoms with Crippen molar-refractivity contribution in [3.8, 4) is 5.75 Å². The molecule has 1 aliphatic rings. The van der Waals surface area contributed by atoms with Crippen molar-refractivity contribution < 1.29 is 13.2 Å². The minimum Gasteiger partial charge on any atom is -0.490 e. The molecule has 0 atom stereocenters. The molecule has 4 rings (SSSR count). The van der Waals surface area contributed by atoms with Gasteiger partial charge in [0, 0.05) is 42.5 Å². The summed E-state index contributed by atoms with van der Waals surface area (Å²) in [6.07, 6.45) is 4.00. The zero-order valence-electron chi connectivity index (χ0n) is 18.6. The smallest absolute Gasteiger partial charge is 0.238 e. The van der Waals surface area contributed by atoms with Gasteiger partial charge in [0.25, 0.3) is 0 Å². The Hall–Kier alpha value is -2.75. The average molecular weight is 456 g/mol. The topological polar surface area (TPSA) is 110 Å². The minimum atomic E-state index is -3.73. The van der Waals surface area contributed by atoms with Crippen LogP contribution in [0.1, 0.15) is 32.3 Å². The van der Waals surface area contributed by atoms with Crippen molar-refractivity contribution >= 4 is 32.6 Å². The van der Waals surface area contributed by atoms with Crippen molar-refractivity contribution in [3.05, 3.63) is 48.2 Å². The first-order valence-corrected chi connectivity index (χ1v) is 12.3. The predicted octanol–water partition coefficient (Wildman–Crippen LogP) is 3.58. The number of anilines is 2. The van der Waals surface area contributed by atoms with Gasteiger partial charge in [-0.2, -0.15) is 0 Å². The summed E-state index contributed by atoms with van der Waals surface area (Å²) in [5.74, 6) is 1.27. The third-order valence-corrected chi connectivity index (χ3v) is 6.75. The molecule has 1 aliphatic heterocycles. The van der Waals surface area contributed by atoms with Gasteiger partial charge in [0.05, 0.1) is 10.4 Å². The number of aromatic nitrogens is 2. The summed E-state index contributed by atoms with van der Waals surface area (Å²) < 4.78 is 29.2. The fourth-order valence-corrected chi connectivity index (χ4v) is 4.42. The second-order valence-electron chi connectivity index (χ2n) is 8.51. The van der Waals surface area contributed by atoms with E-state index in [9.17, 15) is 8.42 Å². The summed E-state index contributed by atoms with van der Waals surface area (Å²) in [4.78, 5) is 11.5. The molecule has 0 radical (unpaired) electrons. The molecule has 170 valence electrons. The number of primary sulfonamides is 1. The van der Waals surface area contributed by atoms with E-state index in [2.05, 4.69) is 34.0 Å². The lowest BCUT2D eigenvalue weighted by Gasteiger charge is -2.34. The summed E-state index contributed by atoms with van der Waals surface area (Å²) in [6, 6.07) is 10.7. The molecule has 3 N–H and O–H groups in total. The van der Waals surface area contributed by atoms with Crippen molar-refractivity contribution in [2.75, 3.05) is 18.4 Å². The maximum atomic E-state index is 11.4. The first-order chi connectivity index (χ1) is 15.2. The number of nitrogens with two attached hydrogens (primary N) is 1. The molecule has 0 unspecified atom stereocenters. The van der Waals surface area contributed by atoms with Crippen LogP contribution in [0.3, 0.4) is 0 Å². The molecule has 0 spiro atoms. The molecule has 8 nitrogen and oxygen atoms in total. The van der Waals surface area contributed by atoms with Crippen LogP contribution in [0.2, 0.25) is 0 Å². The van der Waals surface area contributed by atoms with Crippen molar-refractivity contribution in [2.24, 2.45) is 5.14 Å². The van der Waals surface area contributed by atoms with Crippen LogP contribution in [-0.4, -0.2) is 48.5 Å². The van der Waals surface area contributed by atoms with E-state index in [1.807, 2.05) is 19.1 Å². The maximum Gasteiger partial charge on any atom is 0.238 e. The molecule has 3 aromatic rings. The van der Waals surface area contributed by atoms with Gasteiger partial charge in [-0.15, -0.1) is 0 Å². The average Bonchev–Trinajstić information content (AvgIpc) is 2.75. The predicted molar refractivity (Wildman–Crippen MR) is 126 cm³/mol. The third-order valence-electron chi connectivity index (χ3n) is 5.82. The van der Waals surface area contributed by atoms with Crippen molar-refractivity contribution in [1.82, 2.24) is 14.9 Å². The zero-order chi connectivity index (χ0) is 22.9. The minimum absolute atomic E-state index is 0.0546. The molecule has 0 aliphatic carbocycles. The SMILES string of the molecule is Cc1cc2cnc(Nc3ccc(S(N)(=O)=O)cc3)nc2cc1OC1CCN(C(C)C)CC1. The second-order valence-corrected chi connectivity index (χ2v) is 10.1. The lowest BCUT2D eigenvalue weighted by atomic mass is 10.1. The Kier molecular flexibility index (Phi) is 6.32. The molecule has 0 saturated carbocycles. The van der Waals surface area contributed by atoms with Crippen LogP contribution in [0.4, 0.5) is 11.6 Å². The number of fused-ring (bicyclic) bond motifs is 1. The van der Waals surface area contributed by atoms with E-state index in [0.717, 1.165) is 48.1 Å². The number of nitrogens with one attached hydrogen (secondary N) is 1. The van der Waals surface area contributed by atoms with E-state index < -0.39 is 10.0 Å². The fraction of sp³-hybridized carbons (Fsp3) is 0.391. The standard InChI is InChI=1S/C23H29N5O3S/c1-15(2)28-10-8-19(9-11-28)31-22-13-21-17(12-16(22)3)14-25-23(27-21)26-18-4-6-20(7-5-18)32(24,29)30/h4-7,12-15,19H,8-11H2,1-3H3,(H2,24,29,30)(H,25,26,27). The van der Waals surface area contributed by atoms with Gasteiger partial charge in [0.15, 0.2) is 0 Å². The normalized spacial score (nSPS) is 15.9. The van der Waals surface area contributed by atoms with Gasteiger partial charge < -0.3 is 15.0 Å². The Bertz CT molecular complexity index is 1200. The number of likely N-dealkylation sites (tertiary alicyclic amines) is 1. The van der Waals surface area contributed by atoms with Gasteiger partial charge in [-0.05, 0) is 69.5 Å². The maximum absolute atomic E-state index is 11.4. The van der Waals surface area contributed by atoms with E-state index >= 15 is 0 Å². The van der Waals surface area contributed by atoms with Gasteiger partial charge in [-0.1, -0.05) is 0 Å². The highest BCUT2D eigenvalue weighted by molar-refractivity contribution is 7.89. The molecular formula is C23H29N5O3S. The highest BCUT2D eigenvalue weighted by Crippen LogP contribution is 2.28. The quantitative estimate of drug-likeness (QED) is 0.584. The van der Waals surface area contributed by atoms with E-state index in [-0.39, 0.29) is 11.0 Å². The molecule has 2 aromatic carbocycles. The summed E-state index contributed by atoms with van der Waals surface area (Å²) in [5.41, 5.74) is 2.51. The lowest BCUT2D eigenvalue weighted by molar-refractivity contribution is 0.0839. The number of piperidine rings is 1. The molecular weight excluding hydrogens is 426 g/mol. The number of hydrogen-bond donors (Lipinski definition) is 2. The van der Waals surface area contributed by atoms with E-state index in [1.165, 1.54) is 12.1 Å². The Morgan fingerprint density at radius 2 is 1.84 bits per heavy atom. The van der Waals surface area contributed by atoms with Gasteiger partial charge in [0.1, 0.15) is 11.9 Å². The lowest BCUT2D eigenvalue weighted by Crippen LogP contribution is -2.41. The van der Waals surface area contributed by atoms with E-state index in [0.29, 0.717) is 17.7 Å². The highest BCUT2D eigenvalue weighted by Gasteiger charge is 2.22. The molecule has 1 saturated heterocycles. The number of ether oxygens (including phenoxy) is 1. The van der Waals surface area contributed by atoms with Gasteiger partial charge in [0.2, 0.25) is 16.0 Å². The van der Waals surface area contributed by atoms with Gasteiger partial charge >= 0.3 is 0 Å². The molecule has 1 fully saturated rings. The first kappa shape index (κ1) is 22.4. The zero-order valence-corrected chi connectivity index (χ0v) is 19.4. The van der Waals surface area contributed by atoms with E-state index in [4.69, 9.17) is 9.88 Å². The monoisotopic (exact) mass is 455 g/mol. The fourth-order valence-electron chi connectivity index (χ4n) is 3.91. The van der Waals surface area contributed by atoms with Crippen LogP contribution in [0.25, 0.3) is 10.9 Å². The number of hydrogen-bond acceptors (Lipinski definition) is 7. The Balaban J connectivity index is 1.50. The molecule has 0 bridgehead atoms. The number of rotatable bonds is 6. The summed E-state index contributed by atoms with van der Waals surface area (Å²) in [7, 11) is -3.73. The molecule has 32 heavy (non-hydrogen) atoms. The van der Waals surface area contributed by atoms with Crippen LogP contribution >= 0.6 is 0 Å². The van der Waals surface area contributed by atoms with Crippen LogP contribution < -0.4 is 15.2 Å². The summed E-state index contributed by atoms with van der Waals surface area (Å²) in [6.45, 7) is 8.60. The van der Waals surface area contributed by atoms with Crippen molar-refractivity contribution in [1.29, 1.82) is 0 Å². The second kappa shape index (κ2) is 9.01. The molecule has 2 heterocycles. The van der Waals surface area contributed by atoms with Crippen molar-refractivity contribution in [3.63, 3.8) is 0 Å². The molecule has 1 aromatic heterocycles. The number of nitrogens with zero attached hydrogens (tertiary/aromatic N) is 3. The van der Waals surface area contributed by atoms with Crippen LogP contribution in [0.5, 0.6) is 5.75 Å². The van der Waals surface area contributed by atoms with Crippen LogP contribution in [0.15, 0.2) is 47.5 Å². The Labute approximate surface area is 188 Å². The Morgan fingerprint density at radius 3 is 2.47 bits per heavy atom. The molecule has 0 amide bonds. The summed E-state index contributed by atoms with van der Waals surface area (Å²) in [5, 5.41) is 9.18. The molecule has 9 heteroatoms. The van der Waals surface area contributed by atoms with Crippen molar-refractivity contribution in [2.45, 2.75) is 50.7 Å². The Morgan fingerprint density at radius 1 is 1.16 bits per heavy atom. The number of sulfonamides is 1. The van der Waals surface area contributed by atoms with Crippen LogP contribution in [-0.2, 0) is 10.0 Å². The first-order valence-electron chi connectivity index (χ1n) is 10.8. The number of benzene rings is 2. The van der Waals surface area contributed by atoms with Gasteiger partial charge in [-0.3, -0.25) is 0 Å². The summed E-state index contributed by atoms with van der Waals surface area (Å²) >= 11 is 0.